The Balaban J connectivity index is 2.33. The van der Waals surface area contributed by atoms with Crippen molar-refractivity contribution < 1.29 is 19.2 Å². The number of hydrogen-bond acceptors (Lipinski definition) is 4. The monoisotopic (exact) mass is 359 g/mol. The molecule has 5 nitrogen and oxygen atoms in total. The predicted molar refractivity (Wildman–Crippen MR) is 102 cm³/mol. The largest absolute Gasteiger partial charge is 0.326 e. The number of amides is 1. The zero-order valence-electron chi connectivity index (χ0n) is 16.0. The first-order chi connectivity index (χ1) is 12.3. The van der Waals surface area contributed by atoms with Crippen LogP contribution in [0.1, 0.15) is 64.9 Å². The van der Waals surface area contributed by atoms with Gasteiger partial charge in [0.15, 0.2) is 0 Å². The van der Waals surface area contributed by atoms with Gasteiger partial charge in [-0.1, -0.05) is 26.0 Å². The molecule has 0 saturated heterocycles. The topological polar surface area (TPSA) is 80.3 Å². The average Bonchev–Trinajstić information content (AvgIpc) is 2.53. The molecule has 0 bridgehead atoms. The third-order valence-electron chi connectivity index (χ3n) is 3.87. The molecule has 0 saturated carbocycles. The van der Waals surface area contributed by atoms with Gasteiger partial charge in [0.1, 0.15) is 17.3 Å². The van der Waals surface area contributed by atoms with E-state index in [-0.39, 0.29) is 29.7 Å². The maximum atomic E-state index is 11.9. The molecule has 142 valence electrons. The second-order valence-corrected chi connectivity index (χ2v) is 7.15. The molecule has 0 atom stereocenters. The Bertz CT molecular complexity index is 632. The van der Waals surface area contributed by atoms with Crippen molar-refractivity contribution in [1.82, 2.24) is 0 Å². The number of rotatable bonds is 12. The fraction of sp³-hybridized carbons (Fsp3) is 0.524. The van der Waals surface area contributed by atoms with Crippen LogP contribution in [0.15, 0.2) is 24.3 Å². The molecule has 1 rings (SSSR count). The van der Waals surface area contributed by atoms with Crippen LogP contribution >= 0.6 is 0 Å². The van der Waals surface area contributed by atoms with Gasteiger partial charge < -0.3 is 5.32 Å². The summed E-state index contributed by atoms with van der Waals surface area (Å²) >= 11 is 0. The van der Waals surface area contributed by atoms with E-state index in [1.807, 2.05) is 26.0 Å². The highest BCUT2D eigenvalue weighted by molar-refractivity contribution is 5.98. The minimum absolute atomic E-state index is 0.00614. The number of aryl methyl sites for hydroxylation is 1. The first kappa shape index (κ1) is 21.7. The lowest BCUT2D eigenvalue weighted by atomic mass is 10.0. The number of anilines is 1. The van der Waals surface area contributed by atoms with Crippen LogP contribution in [0.5, 0.6) is 0 Å². The van der Waals surface area contributed by atoms with Gasteiger partial charge in [-0.3, -0.25) is 19.2 Å². The van der Waals surface area contributed by atoms with E-state index in [0.717, 1.165) is 5.56 Å². The van der Waals surface area contributed by atoms with Gasteiger partial charge >= 0.3 is 0 Å². The number of carbonyl (C=O) groups is 4. The minimum atomic E-state index is -0.112. The second kappa shape index (κ2) is 11.3. The van der Waals surface area contributed by atoms with Gasteiger partial charge in [-0.25, -0.2) is 0 Å². The molecule has 0 aliphatic rings. The van der Waals surface area contributed by atoms with E-state index in [0.29, 0.717) is 50.1 Å². The van der Waals surface area contributed by atoms with Crippen molar-refractivity contribution in [1.29, 1.82) is 0 Å². The van der Waals surface area contributed by atoms with Crippen molar-refractivity contribution in [2.45, 2.75) is 65.7 Å². The lowest BCUT2D eigenvalue weighted by Crippen LogP contribution is -2.12. The molecule has 0 spiro atoms. The highest BCUT2D eigenvalue weighted by Gasteiger charge is 2.08. The zero-order chi connectivity index (χ0) is 19.5. The van der Waals surface area contributed by atoms with E-state index in [9.17, 15) is 19.2 Å². The molecule has 0 aliphatic carbocycles. The van der Waals surface area contributed by atoms with Gasteiger partial charge in [-0.05, 0) is 43.4 Å². The van der Waals surface area contributed by atoms with Crippen molar-refractivity contribution in [3.8, 4) is 0 Å². The van der Waals surface area contributed by atoms with E-state index in [4.69, 9.17) is 0 Å². The molecule has 0 unspecified atom stereocenters. The van der Waals surface area contributed by atoms with Crippen LogP contribution < -0.4 is 5.32 Å². The molecule has 0 aromatic heterocycles. The van der Waals surface area contributed by atoms with Crippen LogP contribution in [0.2, 0.25) is 0 Å². The number of benzene rings is 1. The van der Waals surface area contributed by atoms with E-state index in [1.54, 1.807) is 12.1 Å². The molecule has 0 heterocycles. The Hall–Kier alpha value is -2.30. The Morgan fingerprint density at radius 2 is 1.58 bits per heavy atom. The van der Waals surface area contributed by atoms with Gasteiger partial charge in [0.05, 0.1) is 6.42 Å². The van der Waals surface area contributed by atoms with E-state index < -0.39 is 0 Å². The van der Waals surface area contributed by atoms with E-state index in [2.05, 4.69) is 5.32 Å². The number of hydrogen-bond donors (Lipinski definition) is 1. The summed E-state index contributed by atoms with van der Waals surface area (Å²) in [5.41, 5.74) is 1.68. The molecule has 5 heteroatoms. The van der Waals surface area contributed by atoms with Gasteiger partial charge in [-0.2, -0.15) is 0 Å². The summed E-state index contributed by atoms with van der Waals surface area (Å²) in [5.74, 6) is 0.289. The van der Waals surface area contributed by atoms with Gasteiger partial charge in [0, 0.05) is 31.4 Å². The lowest BCUT2D eigenvalue weighted by molar-refractivity contribution is -0.126. The van der Waals surface area contributed by atoms with Gasteiger partial charge in [0.2, 0.25) is 5.91 Å². The maximum absolute atomic E-state index is 11.9. The predicted octanol–water partition coefficient (Wildman–Crippen LogP) is 3.89. The Kier molecular flexibility index (Phi) is 9.48. The quantitative estimate of drug-likeness (QED) is 0.574. The summed E-state index contributed by atoms with van der Waals surface area (Å²) < 4.78 is 0. The molecular weight excluding hydrogens is 330 g/mol. The molecular formula is C21H29NO4. The standard InChI is InChI=1S/C21H29NO4/c1-15(2)13-19(24)5-4-6-21(26)22-18-10-7-17(8-11-18)9-12-20(25)14-16(3)23/h7-8,10-11,15H,4-6,9,12-14H2,1-3H3,(H,22,26). The molecule has 1 amide bonds. The number of carbonyl (C=O) groups excluding carboxylic acids is 4. The maximum Gasteiger partial charge on any atom is 0.224 e. The Labute approximate surface area is 155 Å². The second-order valence-electron chi connectivity index (χ2n) is 7.15. The first-order valence-corrected chi connectivity index (χ1v) is 9.18. The zero-order valence-corrected chi connectivity index (χ0v) is 16.0. The van der Waals surface area contributed by atoms with Crippen molar-refractivity contribution in [3.63, 3.8) is 0 Å². The molecule has 26 heavy (non-hydrogen) atoms. The van der Waals surface area contributed by atoms with Crippen LogP contribution in [-0.4, -0.2) is 23.3 Å². The van der Waals surface area contributed by atoms with Crippen LogP contribution in [0.3, 0.4) is 0 Å². The Morgan fingerprint density at radius 1 is 0.923 bits per heavy atom. The number of nitrogens with one attached hydrogen (secondary N) is 1. The Morgan fingerprint density at radius 3 is 2.15 bits per heavy atom. The summed E-state index contributed by atoms with van der Waals surface area (Å²) in [7, 11) is 0. The smallest absolute Gasteiger partial charge is 0.224 e. The third kappa shape index (κ3) is 9.87. The summed E-state index contributed by atoms with van der Waals surface area (Å²) in [5, 5.41) is 2.81. The van der Waals surface area contributed by atoms with Crippen molar-refractivity contribution in [3.05, 3.63) is 29.8 Å². The van der Waals surface area contributed by atoms with Gasteiger partial charge in [0.25, 0.3) is 0 Å². The molecule has 0 radical (unpaired) electrons. The van der Waals surface area contributed by atoms with Crippen molar-refractivity contribution in [2.24, 2.45) is 5.92 Å². The fourth-order valence-electron chi connectivity index (χ4n) is 2.63. The van der Waals surface area contributed by atoms with E-state index >= 15 is 0 Å². The summed E-state index contributed by atoms with van der Waals surface area (Å²) in [6.07, 6.45) is 2.82. The van der Waals surface area contributed by atoms with Crippen LogP contribution in [-0.2, 0) is 25.6 Å². The number of Topliss-reactive ketones (excluding diaryl/α,β-unsaturated/α-hetero) is 3. The normalized spacial score (nSPS) is 10.6. The minimum Gasteiger partial charge on any atom is -0.326 e. The van der Waals surface area contributed by atoms with E-state index in [1.165, 1.54) is 6.92 Å². The summed E-state index contributed by atoms with van der Waals surface area (Å²) in [4.78, 5) is 46.0. The highest BCUT2D eigenvalue weighted by Crippen LogP contribution is 2.13. The SMILES string of the molecule is CC(=O)CC(=O)CCc1ccc(NC(=O)CCCC(=O)CC(C)C)cc1. The highest BCUT2D eigenvalue weighted by atomic mass is 16.2. The van der Waals surface area contributed by atoms with Crippen LogP contribution in [0.4, 0.5) is 5.69 Å². The molecule has 1 aromatic rings. The average molecular weight is 359 g/mol. The molecule has 1 N–H and O–H groups in total. The van der Waals surface area contributed by atoms with Crippen molar-refractivity contribution in [2.75, 3.05) is 5.32 Å². The fourth-order valence-corrected chi connectivity index (χ4v) is 2.63. The molecule has 0 aliphatic heterocycles. The number of ketones is 3. The summed E-state index contributed by atoms with van der Waals surface area (Å²) in [6, 6.07) is 7.32. The molecule has 0 fully saturated rings. The summed E-state index contributed by atoms with van der Waals surface area (Å²) in [6.45, 7) is 5.43. The van der Waals surface area contributed by atoms with Gasteiger partial charge in [-0.15, -0.1) is 0 Å². The van der Waals surface area contributed by atoms with Crippen LogP contribution in [0, 0.1) is 5.92 Å². The van der Waals surface area contributed by atoms with Crippen LogP contribution in [0.25, 0.3) is 0 Å². The third-order valence-corrected chi connectivity index (χ3v) is 3.87. The first-order valence-electron chi connectivity index (χ1n) is 9.18. The molecule has 1 aromatic carbocycles. The lowest BCUT2D eigenvalue weighted by Gasteiger charge is -2.07. The van der Waals surface area contributed by atoms with Crippen molar-refractivity contribution >= 4 is 28.9 Å².